The predicted molar refractivity (Wildman–Crippen MR) is 109 cm³/mol. The van der Waals surface area contributed by atoms with Crippen molar-refractivity contribution in [2.75, 3.05) is 37.0 Å². The summed E-state index contributed by atoms with van der Waals surface area (Å²) in [5.74, 6) is 0.874. The monoisotopic (exact) mass is 391 g/mol. The summed E-state index contributed by atoms with van der Waals surface area (Å²) in [6.07, 6.45) is 1.52. The van der Waals surface area contributed by atoms with Gasteiger partial charge in [-0.2, -0.15) is 0 Å². The first-order chi connectivity index (χ1) is 12.7. The van der Waals surface area contributed by atoms with Crippen molar-refractivity contribution in [1.82, 2.24) is 4.98 Å². The fourth-order valence-electron chi connectivity index (χ4n) is 2.43. The van der Waals surface area contributed by atoms with E-state index in [4.69, 9.17) is 21.4 Å². The number of pyridine rings is 1. The molecule has 7 heteroatoms. The smallest absolute Gasteiger partial charge is 0.262 e. The van der Waals surface area contributed by atoms with Crippen molar-refractivity contribution < 1.29 is 14.6 Å². The first-order valence-corrected chi connectivity index (χ1v) is 9.09. The Balaban J connectivity index is 1.91. The number of anilines is 2. The zero-order valence-electron chi connectivity index (χ0n) is 16.1. The number of amides is 1. The van der Waals surface area contributed by atoms with Crippen molar-refractivity contribution in [3.63, 3.8) is 0 Å². The van der Waals surface area contributed by atoms with Gasteiger partial charge >= 0.3 is 0 Å². The van der Waals surface area contributed by atoms with Gasteiger partial charge in [-0.3, -0.25) is 4.79 Å². The van der Waals surface area contributed by atoms with Gasteiger partial charge in [-0.1, -0.05) is 44.5 Å². The number of ether oxygens (including phenoxy) is 1. The van der Waals surface area contributed by atoms with Gasteiger partial charge in [-0.15, -0.1) is 0 Å². The average molecular weight is 392 g/mol. The van der Waals surface area contributed by atoms with E-state index in [1.54, 1.807) is 18.0 Å². The Morgan fingerprint density at radius 2 is 1.96 bits per heavy atom. The number of carbonyl (C=O) groups excluding carboxylic acids is 1. The summed E-state index contributed by atoms with van der Waals surface area (Å²) >= 11 is 6.20. The number of nitrogens with zero attached hydrogens (tertiary/aromatic N) is 2. The molecule has 0 bridgehead atoms. The van der Waals surface area contributed by atoms with Crippen LogP contribution in [0.25, 0.3) is 0 Å². The normalized spacial score (nSPS) is 11.2. The number of benzene rings is 1. The van der Waals surface area contributed by atoms with Crippen LogP contribution in [0.2, 0.25) is 5.02 Å². The van der Waals surface area contributed by atoms with Crippen molar-refractivity contribution in [2.45, 2.75) is 26.2 Å². The number of rotatable bonds is 7. The second-order valence-corrected chi connectivity index (χ2v) is 7.69. The van der Waals surface area contributed by atoms with Crippen LogP contribution in [0.4, 0.5) is 11.5 Å². The molecule has 2 aromatic rings. The van der Waals surface area contributed by atoms with E-state index in [1.165, 1.54) is 11.8 Å². The molecule has 0 atom stereocenters. The van der Waals surface area contributed by atoms with Gasteiger partial charge in [0.25, 0.3) is 5.91 Å². The molecule has 0 saturated carbocycles. The predicted octanol–water partition coefficient (Wildman–Crippen LogP) is 3.48. The second kappa shape index (κ2) is 9.06. The maximum absolute atomic E-state index is 12.1. The van der Waals surface area contributed by atoms with Crippen LogP contribution in [-0.4, -0.2) is 42.8 Å². The van der Waals surface area contributed by atoms with Crippen LogP contribution >= 0.6 is 11.6 Å². The van der Waals surface area contributed by atoms with Gasteiger partial charge in [0.15, 0.2) is 6.61 Å². The number of halogens is 1. The number of aliphatic hydroxyl groups excluding tert-OH is 1. The van der Waals surface area contributed by atoms with E-state index in [2.05, 4.69) is 31.1 Å². The average Bonchev–Trinajstić information content (AvgIpc) is 2.60. The molecule has 0 fully saturated rings. The van der Waals surface area contributed by atoms with Crippen LogP contribution < -0.4 is 15.0 Å². The molecule has 0 radical (unpaired) electrons. The molecule has 2 N–H and O–H groups in total. The number of carbonyl (C=O) groups is 1. The standard InChI is InChI=1S/C20H26ClN3O3/c1-20(2,3)14-5-7-16(8-6-14)27-13-18(26)23-15-11-17(21)19(22-12-15)24(4)9-10-25/h5-8,11-12,25H,9-10,13H2,1-4H3,(H,23,26). The first kappa shape index (κ1) is 21.0. The van der Waals surface area contributed by atoms with Gasteiger partial charge in [0, 0.05) is 13.6 Å². The van der Waals surface area contributed by atoms with Crippen LogP contribution in [0, 0.1) is 0 Å². The molecule has 1 aromatic carbocycles. The summed E-state index contributed by atoms with van der Waals surface area (Å²) in [5, 5.41) is 12.1. The Kier molecular flexibility index (Phi) is 7.05. The lowest BCUT2D eigenvalue weighted by molar-refractivity contribution is -0.118. The molecule has 0 aliphatic rings. The van der Waals surface area contributed by atoms with Gasteiger partial charge in [0.05, 0.1) is 23.5 Å². The molecule has 1 heterocycles. The highest BCUT2D eigenvalue weighted by Gasteiger charge is 2.14. The summed E-state index contributed by atoms with van der Waals surface area (Å²) in [5.41, 5.74) is 1.75. The van der Waals surface area contributed by atoms with E-state index in [1.807, 2.05) is 24.3 Å². The van der Waals surface area contributed by atoms with Crippen molar-refractivity contribution in [2.24, 2.45) is 0 Å². The Morgan fingerprint density at radius 3 is 2.52 bits per heavy atom. The topological polar surface area (TPSA) is 74.7 Å². The number of aromatic nitrogens is 1. The molecule has 1 aromatic heterocycles. The molecule has 146 valence electrons. The third-order valence-corrected chi connectivity index (χ3v) is 4.27. The number of aliphatic hydroxyl groups is 1. The molecule has 0 saturated heterocycles. The highest BCUT2D eigenvalue weighted by Crippen LogP contribution is 2.26. The summed E-state index contributed by atoms with van der Waals surface area (Å²) in [6.45, 7) is 6.73. The number of hydrogen-bond donors (Lipinski definition) is 2. The number of hydrogen-bond acceptors (Lipinski definition) is 5. The van der Waals surface area contributed by atoms with Crippen LogP contribution in [0.3, 0.4) is 0 Å². The van der Waals surface area contributed by atoms with E-state index >= 15 is 0 Å². The van der Waals surface area contributed by atoms with Crippen LogP contribution in [-0.2, 0) is 10.2 Å². The van der Waals surface area contributed by atoms with Gasteiger partial charge in [0.1, 0.15) is 11.6 Å². The maximum atomic E-state index is 12.1. The van der Waals surface area contributed by atoms with Crippen LogP contribution in [0.15, 0.2) is 36.5 Å². The van der Waals surface area contributed by atoms with Crippen LogP contribution in [0.5, 0.6) is 5.75 Å². The minimum Gasteiger partial charge on any atom is -0.484 e. The van der Waals surface area contributed by atoms with Gasteiger partial charge in [-0.25, -0.2) is 4.98 Å². The Bertz CT molecular complexity index is 773. The summed E-state index contributed by atoms with van der Waals surface area (Å²) in [4.78, 5) is 18.1. The Morgan fingerprint density at radius 1 is 1.30 bits per heavy atom. The molecular formula is C20H26ClN3O3. The zero-order chi connectivity index (χ0) is 20.0. The molecule has 27 heavy (non-hydrogen) atoms. The lowest BCUT2D eigenvalue weighted by atomic mass is 9.87. The summed E-state index contributed by atoms with van der Waals surface area (Å²) in [6, 6.07) is 9.33. The molecule has 6 nitrogen and oxygen atoms in total. The van der Waals surface area contributed by atoms with Crippen molar-refractivity contribution >= 4 is 29.0 Å². The van der Waals surface area contributed by atoms with Gasteiger partial charge in [0.2, 0.25) is 0 Å². The van der Waals surface area contributed by atoms with E-state index < -0.39 is 0 Å². The van der Waals surface area contributed by atoms with E-state index in [0.29, 0.717) is 28.8 Å². The third kappa shape index (κ3) is 6.12. The third-order valence-electron chi connectivity index (χ3n) is 3.99. The molecule has 2 rings (SSSR count). The lowest BCUT2D eigenvalue weighted by Crippen LogP contribution is -2.23. The van der Waals surface area contributed by atoms with Crippen molar-refractivity contribution in [1.29, 1.82) is 0 Å². The summed E-state index contributed by atoms with van der Waals surface area (Å²) < 4.78 is 5.53. The lowest BCUT2D eigenvalue weighted by Gasteiger charge is -2.19. The van der Waals surface area contributed by atoms with Crippen molar-refractivity contribution in [3.8, 4) is 5.75 Å². The van der Waals surface area contributed by atoms with E-state index in [9.17, 15) is 4.79 Å². The molecule has 0 spiro atoms. The fourth-order valence-corrected chi connectivity index (χ4v) is 2.74. The molecular weight excluding hydrogens is 366 g/mol. The quantitative estimate of drug-likeness (QED) is 0.755. The zero-order valence-corrected chi connectivity index (χ0v) is 16.9. The van der Waals surface area contributed by atoms with E-state index in [0.717, 1.165) is 0 Å². The fraction of sp³-hybridized carbons (Fsp3) is 0.400. The molecule has 0 aliphatic carbocycles. The molecule has 0 unspecified atom stereocenters. The molecule has 0 aliphatic heterocycles. The van der Waals surface area contributed by atoms with E-state index in [-0.39, 0.29) is 24.5 Å². The van der Waals surface area contributed by atoms with Crippen LogP contribution in [0.1, 0.15) is 26.3 Å². The number of nitrogens with one attached hydrogen (secondary N) is 1. The SMILES string of the molecule is CN(CCO)c1ncc(NC(=O)COc2ccc(C(C)(C)C)cc2)cc1Cl. The molecule has 1 amide bonds. The highest BCUT2D eigenvalue weighted by atomic mass is 35.5. The Labute approximate surface area is 165 Å². The maximum Gasteiger partial charge on any atom is 0.262 e. The Hall–Kier alpha value is -2.31. The first-order valence-electron chi connectivity index (χ1n) is 8.71. The second-order valence-electron chi connectivity index (χ2n) is 7.29. The van der Waals surface area contributed by atoms with Crippen molar-refractivity contribution in [3.05, 3.63) is 47.1 Å². The highest BCUT2D eigenvalue weighted by molar-refractivity contribution is 6.33. The minimum absolute atomic E-state index is 0.00106. The largest absolute Gasteiger partial charge is 0.484 e. The van der Waals surface area contributed by atoms with Gasteiger partial charge < -0.3 is 20.1 Å². The minimum atomic E-state index is -0.302. The summed E-state index contributed by atoms with van der Waals surface area (Å²) in [7, 11) is 1.78. The van der Waals surface area contributed by atoms with Gasteiger partial charge in [-0.05, 0) is 29.2 Å². The number of likely N-dealkylation sites (N-methyl/N-ethyl adjacent to an activating group) is 1.